The first kappa shape index (κ1) is 21.8. The van der Waals surface area contributed by atoms with E-state index in [1.807, 2.05) is 22.6 Å². The molecular formula is C16H13ClF3IN2O3S. The van der Waals surface area contributed by atoms with Crippen molar-refractivity contribution in [3.05, 3.63) is 56.6 Å². The quantitative estimate of drug-likeness (QED) is 0.582. The largest absolute Gasteiger partial charge is 0.417 e. The molecule has 0 aliphatic heterocycles. The van der Waals surface area contributed by atoms with Gasteiger partial charge in [0.1, 0.15) is 6.54 Å². The molecule has 0 heterocycles. The van der Waals surface area contributed by atoms with Crippen LogP contribution in [0, 0.1) is 3.57 Å². The van der Waals surface area contributed by atoms with Gasteiger partial charge in [0, 0.05) is 9.26 Å². The number of hydrogen-bond acceptors (Lipinski definition) is 3. The van der Waals surface area contributed by atoms with Crippen LogP contribution in [-0.4, -0.2) is 27.1 Å². The molecule has 1 N–H and O–H groups in total. The average Bonchev–Trinajstić information content (AvgIpc) is 2.53. The van der Waals surface area contributed by atoms with E-state index in [-0.39, 0.29) is 11.4 Å². The Hall–Kier alpha value is -1.53. The number of amides is 1. The molecule has 11 heteroatoms. The van der Waals surface area contributed by atoms with Gasteiger partial charge in [0.05, 0.1) is 22.5 Å². The van der Waals surface area contributed by atoms with Gasteiger partial charge in [-0.3, -0.25) is 9.10 Å². The Morgan fingerprint density at radius 2 is 1.78 bits per heavy atom. The van der Waals surface area contributed by atoms with Crippen molar-refractivity contribution in [3.8, 4) is 0 Å². The van der Waals surface area contributed by atoms with Gasteiger partial charge in [-0.2, -0.15) is 13.2 Å². The molecule has 0 unspecified atom stereocenters. The molecule has 27 heavy (non-hydrogen) atoms. The maximum Gasteiger partial charge on any atom is 0.417 e. The summed E-state index contributed by atoms with van der Waals surface area (Å²) in [5.41, 5.74) is -0.979. The van der Waals surface area contributed by atoms with E-state index in [0.717, 1.165) is 20.2 Å². The Morgan fingerprint density at radius 1 is 1.19 bits per heavy atom. The number of hydrogen-bond donors (Lipinski definition) is 1. The molecular weight excluding hydrogens is 520 g/mol. The van der Waals surface area contributed by atoms with Crippen molar-refractivity contribution in [1.82, 2.24) is 0 Å². The summed E-state index contributed by atoms with van der Waals surface area (Å²) in [6, 6.07) is 9.29. The fraction of sp³-hybridized carbons (Fsp3) is 0.188. The molecule has 2 aromatic rings. The Bertz CT molecular complexity index is 950. The molecule has 0 spiro atoms. The van der Waals surface area contributed by atoms with Crippen molar-refractivity contribution < 1.29 is 26.4 Å². The van der Waals surface area contributed by atoms with Gasteiger partial charge in [-0.1, -0.05) is 11.6 Å². The summed E-state index contributed by atoms with van der Waals surface area (Å²) in [7, 11) is -3.79. The second kappa shape index (κ2) is 8.23. The van der Waals surface area contributed by atoms with Crippen molar-refractivity contribution in [1.29, 1.82) is 0 Å². The van der Waals surface area contributed by atoms with E-state index >= 15 is 0 Å². The van der Waals surface area contributed by atoms with Crippen molar-refractivity contribution in [2.24, 2.45) is 0 Å². The number of carbonyl (C=O) groups excluding carboxylic acids is 1. The van der Waals surface area contributed by atoms with E-state index in [1.54, 1.807) is 12.1 Å². The molecule has 146 valence electrons. The van der Waals surface area contributed by atoms with Gasteiger partial charge in [-0.25, -0.2) is 8.42 Å². The Morgan fingerprint density at radius 3 is 2.30 bits per heavy atom. The molecule has 0 bridgehead atoms. The van der Waals surface area contributed by atoms with Gasteiger partial charge in [0.15, 0.2) is 0 Å². The molecule has 0 fully saturated rings. The summed E-state index contributed by atoms with van der Waals surface area (Å²) < 4.78 is 64.5. The van der Waals surface area contributed by atoms with E-state index < -0.39 is 39.2 Å². The Labute approximate surface area is 172 Å². The summed E-state index contributed by atoms with van der Waals surface area (Å²) >= 11 is 7.58. The molecule has 2 aromatic carbocycles. The van der Waals surface area contributed by atoms with Crippen LogP contribution in [0.2, 0.25) is 5.02 Å². The number of sulfonamides is 1. The lowest BCUT2D eigenvalue weighted by atomic mass is 10.2. The highest BCUT2D eigenvalue weighted by atomic mass is 127. The predicted octanol–water partition coefficient (Wildman–Crippen LogP) is 4.37. The number of nitrogens with one attached hydrogen (secondary N) is 1. The van der Waals surface area contributed by atoms with Crippen LogP contribution in [0.15, 0.2) is 42.5 Å². The van der Waals surface area contributed by atoms with Crippen LogP contribution in [0.3, 0.4) is 0 Å². The molecule has 5 nitrogen and oxygen atoms in total. The van der Waals surface area contributed by atoms with Gasteiger partial charge in [-0.05, 0) is 65.1 Å². The number of halogens is 5. The molecule has 0 aromatic heterocycles. The molecule has 0 aliphatic rings. The highest BCUT2D eigenvalue weighted by Crippen LogP contribution is 2.36. The van der Waals surface area contributed by atoms with Crippen LogP contribution in [0.1, 0.15) is 5.56 Å². The fourth-order valence-electron chi connectivity index (χ4n) is 2.16. The monoisotopic (exact) mass is 532 g/mol. The van der Waals surface area contributed by atoms with Gasteiger partial charge in [0.25, 0.3) is 0 Å². The minimum absolute atomic E-state index is 0.146. The van der Waals surface area contributed by atoms with Crippen molar-refractivity contribution in [3.63, 3.8) is 0 Å². The minimum Gasteiger partial charge on any atom is -0.324 e. The normalized spacial score (nSPS) is 11.9. The summed E-state index contributed by atoms with van der Waals surface area (Å²) in [5.74, 6) is -0.797. The number of rotatable bonds is 5. The van der Waals surface area contributed by atoms with Crippen LogP contribution < -0.4 is 9.62 Å². The third-order valence-corrected chi connectivity index (χ3v) is 5.55. The third kappa shape index (κ3) is 5.98. The van der Waals surface area contributed by atoms with Crippen molar-refractivity contribution in [2.45, 2.75) is 6.18 Å². The van der Waals surface area contributed by atoms with Gasteiger partial charge in [0.2, 0.25) is 15.9 Å². The zero-order valence-corrected chi connectivity index (χ0v) is 17.4. The highest BCUT2D eigenvalue weighted by Gasteiger charge is 2.33. The number of carbonyl (C=O) groups is 1. The lowest BCUT2D eigenvalue weighted by Crippen LogP contribution is -2.37. The zero-order chi connectivity index (χ0) is 20.4. The lowest BCUT2D eigenvalue weighted by molar-refractivity contribution is -0.137. The maximum atomic E-state index is 12.9. The number of nitrogens with zero attached hydrogens (tertiary/aromatic N) is 1. The van der Waals surface area contributed by atoms with Crippen molar-refractivity contribution in [2.75, 3.05) is 22.4 Å². The van der Waals surface area contributed by atoms with Gasteiger partial charge in [-0.15, -0.1) is 0 Å². The van der Waals surface area contributed by atoms with Crippen LogP contribution in [0.4, 0.5) is 24.5 Å². The lowest BCUT2D eigenvalue weighted by Gasteiger charge is -2.22. The second-order valence-corrected chi connectivity index (χ2v) is 9.05. The van der Waals surface area contributed by atoms with E-state index in [0.29, 0.717) is 6.07 Å². The number of benzene rings is 2. The van der Waals surface area contributed by atoms with E-state index in [4.69, 9.17) is 11.6 Å². The Kier molecular flexibility index (Phi) is 6.63. The fourth-order valence-corrected chi connectivity index (χ4v) is 3.60. The SMILES string of the molecule is CS(=O)(=O)N(CC(=O)Nc1ccc(Cl)c(C(F)(F)F)c1)c1ccc(I)cc1. The second-order valence-electron chi connectivity index (χ2n) is 5.49. The standard InChI is InChI=1S/C16H13ClF3IN2O3S/c1-27(25,26)23(12-5-2-10(21)3-6-12)9-15(24)22-11-4-7-14(17)13(8-11)16(18,19)20/h2-8H,9H2,1H3,(H,22,24). The summed E-state index contributed by atoms with van der Waals surface area (Å²) in [6.45, 7) is -0.594. The Balaban J connectivity index is 2.23. The van der Waals surface area contributed by atoms with Crippen LogP contribution in [0.25, 0.3) is 0 Å². The zero-order valence-electron chi connectivity index (χ0n) is 13.7. The smallest absolute Gasteiger partial charge is 0.324 e. The summed E-state index contributed by atoms with van der Waals surface area (Å²) in [6.07, 6.45) is -3.75. The molecule has 1 amide bonds. The van der Waals surface area contributed by atoms with E-state index in [1.165, 1.54) is 18.2 Å². The van der Waals surface area contributed by atoms with Crippen LogP contribution >= 0.6 is 34.2 Å². The van der Waals surface area contributed by atoms with E-state index in [9.17, 15) is 26.4 Å². The molecule has 0 atom stereocenters. The number of anilines is 2. The molecule has 0 saturated carbocycles. The minimum atomic E-state index is -4.68. The predicted molar refractivity (Wildman–Crippen MR) is 106 cm³/mol. The highest BCUT2D eigenvalue weighted by molar-refractivity contribution is 14.1. The molecule has 0 aliphatic carbocycles. The molecule has 0 radical (unpaired) electrons. The van der Waals surface area contributed by atoms with Crippen molar-refractivity contribution >= 4 is 61.5 Å². The first-order valence-electron chi connectivity index (χ1n) is 7.28. The van der Waals surface area contributed by atoms with Crippen LogP contribution in [0.5, 0.6) is 0 Å². The van der Waals surface area contributed by atoms with Gasteiger partial charge >= 0.3 is 6.18 Å². The van der Waals surface area contributed by atoms with E-state index in [2.05, 4.69) is 5.32 Å². The first-order chi connectivity index (χ1) is 12.4. The van der Waals surface area contributed by atoms with Crippen LogP contribution in [-0.2, 0) is 21.0 Å². The number of alkyl halides is 3. The summed E-state index contributed by atoms with van der Waals surface area (Å²) in [4.78, 5) is 12.2. The maximum absolute atomic E-state index is 12.9. The average molecular weight is 533 g/mol. The first-order valence-corrected chi connectivity index (χ1v) is 10.6. The van der Waals surface area contributed by atoms with Gasteiger partial charge < -0.3 is 5.32 Å². The molecule has 2 rings (SSSR count). The topological polar surface area (TPSA) is 66.5 Å². The summed E-state index contributed by atoms with van der Waals surface area (Å²) in [5, 5.41) is 1.76. The molecule has 0 saturated heterocycles. The third-order valence-electron chi connectivity index (χ3n) is 3.36.